The molecule has 0 saturated heterocycles. The van der Waals surface area contributed by atoms with Gasteiger partial charge in [-0.05, 0) is 63.3 Å². The second kappa shape index (κ2) is 11.6. The topological polar surface area (TPSA) is 72.9 Å². The van der Waals surface area contributed by atoms with Crippen molar-refractivity contribution in [3.63, 3.8) is 0 Å². The zero-order chi connectivity index (χ0) is 26.5. The second-order valence-corrected chi connectivity index (χ2v) is 12.2. The third-order valence-electron chi connectivity index (χ3n) is 5.83. The number of Topliss-reactive ketones (excluding diaryl/α,β-unsaturated/α-hetero) is 1. The Balaban J connectivity index is 1.61. The van der Waals surface area contributed by atoms with Gasteiger partial charge < -0.3 is 4.74 Å². The van der Waals surface area contributed by atoms with Crippen LogP contribution >= 0.6 is 12.6 Å². The molecule has 0 saturated carbocycles. The van der Waals surface area contributed by atoms with Gasteiger partial charge >= 0.3 is 5.97 Å². The molecule has 6 nitrogen and oxygen atoms in total. The van der Waals surface area contributed by atoms with E-state index >= 15 is 0 Å². The summed E-state index contributed by atoms with van der Waals surface area (Å²) < 4.78 is 4.95. The van der Waals surface area contributed by atoms with Crippen molar-refractivity contribution in [2.24, 2.45) is 5.92 Å². The predicted molar refractivity (Wildman–Crippen MR) is 143 cm³/mol. The summed E-state index contributed by atoms with van der Waals surface area (Å²) in [5, 5.41) is 1.40. The Morgan fingerprint density at radius 1 is 1.03 bits per heavy atom. The number of carbonyl (C=O) groups is 3. The van der Waals surface area contributed by atoms with Crippen molar-refractivity contribution in [1.29, 1.82) is 0 Å². The van der Waals surface area contributed by atoms with Crippen LogP contribution in [0, 0.1) is 5.92 Å². The molecule has 0 N–H and O–H groups in total. The van der Waals surface area contributed by atoms with Gasteiger partial charge in [-0.3, -0.25) is 19.2 Å². The molecule has 0 fully saturated rings. The fraction of sp³-hybridized carbons (Fsp3) is 0.483. The van der Waals surface area contributed by atoms with E-state index in [1.807, 2.05) is 71.0 Å². The lowest BCUT2D eigenvalue weighted by atomic mass is 9.81. The molecule has 7 heteroatoms. The number of esters is 1. The van der Waals surface area contributed by atoms with Gasteiger partial charge in [0.05, 0.1) is 18.6 Å². The number of ether oxygens (including phenoxy) is 1. The van der Waals surface area contributed by atoms with Gasteiger partial charge in [-0.2, -0.15) is 12.6 Å². The lowest BCUT2D eigenvalue weighted by Crippen LogP contribution is -2.41. The number of fused-ring (bicyclic) bond motifs is 1. The molecule has 1 unspecified atom stereocenters. The minimum Gasteiger partial charge on any atom is -0.426 e. The number of thiol groups is 1. The smallest absolute Gasteiger partial charge is 0.312 e. The SMILES string of the molecule is CC(C)(S)CC(=O)Oc1ccc(CCN(OC(C)(C)C)C(=O)CC2CCc3ccccc3C2=O)cc1. The average Bonchev–Trinajstić information content (AvgIpc) is 2.77. The predicted octanol–water partition coefficient (Wildman–Crippen LogP) is 5.63. The highest BCUT2D eigenvalue weighted by molar-refractivity contribution is 7.81. The first-order valence-corrected chi connectivity index (χ1v) is 12.9. The van der Waals surface area contributed by atoms with E-state index in [2.05, 4.69) is 12.6 Å². The van der Waals surface area contributed by atoms with Crippen LogP contribution in [0.15, 0.2) is 48.5 Å². The summed E-state index contributed by atoms with van der Waals surface area (Å²) in [6, 6.07) is 14.9. The average molecular weight is 512 g/mol. The number of carbonyl (C=O) groups excluding carboxylic acids is 3. The van der Waals surface area contributed by atoms with E-state index in [0.29, 0.717) is 25.1 Å². The van der Waals surface area contributed by atoms with Gasteiger partial charge in [-0.15, -0.1) is 0 Å². The number of hydroxylamine groups is 2. The first-order valence-electron chi connectivity index (χ1n) is 12.4. The lowest BCUT2D eigenvalue weighted by Gasteiger charge is -2.31. The van der Waals surface area contributed by atoms with Gasteiger partial charge in [-0.25, -0.2) is 5.06 Å². The molecule has 2 aromatic carbocycles. The Hall–Kier alpha value is -2.64. The van der Waals surface area contributed by atoms with Crippen LogP contribution in [0.1, 0.15) is 75.4 Å². The number of hydrogen-bond acceptors (Lipinski definition) is 6. The summed E-state index contributed by atoms with van der Waals surface area (Å²) in [6.45, 7) is 9.74. The highest BCUT2D eigenvalue weighted by Crippen LogP contribution is 2.28. The van der Waals surface area contributed by atoms with Gasteiger partial charge in [0.15, 0.2) is 5.78 Å². The van der Waals surface area contributed by atoms with Gasteiger partial charge in [0.2, 0.25) is 5.91 Å². The minimum absolute atomic E-state index is 0.0346. The number of aryl methyl sites for hydroxylation is 1. The van der Waals surface area contributed by atoms with Crippen molar-refractivity contribution in [2.75, 3.05) is 6.54 Å². The van der Waals surface area contributed by atoms with Gasteiger partial charge in [0.25, 0.3) is 0 Å². The third-order valence-corrected chi connectivity index (χ3v) is 5.99. The standard InChI is InChI=1S/C29H37NO5S/c1-28(2,3)35-30(25(31)18-22-13-12-21-8-6-7-9-24(21)27(22)33)17-16-20-10-14-23(15-11-20)34-26(32)19-29(4,5)36/h6-11,14-15,22,36H,12-13,16-19H2,1-5H3. The van der Waals surface area contributed by atoms with Crippen LogP contribution in [-0.2, 0) is 27.3 Å². The summed E-state index contributed by atoms with van der Waals surface area (Å²) in [7, 11) is 0. The molecular formula is C29H37NO5S. The normalized spacial score (nSPS) is 15.8. The van der Waals surface area contributed by atoms with Crippen molar-refractivity contribution in [2.45, 2.75) is 77.1 Å². The minimum atomic E-state index is -0.558. The quantitative estimate of drug-likeness (QED) is 0.205. The maximum atomic E-state index is 13.2. The summed E-state index contributed by atoms with van der Waals surface area (Å²) in [5.74, 6) is -0.362. The Bertz CT molecular complexity index is 1080. The molecule has 1 amide bonds. The van der Waals surface area contributed by atoms with Crippen LogP contribution in [0.5, 0.6) is 5.75 Å². The molecule has 1 aliphatic rings. The largest absolute Gasteiger partial charge is 0.426 e. The molecule has 0 aliphatic heterocycles. The first-order chi connectivity index (χ1) is 16.8. The number of hydrogen-bond donors (Lipinski definition) is 1. The van der Waals surface area contributed by atoms with E-state index in [1.54, 1.807) is 12.1 Å². The molecule has 0 spiro atoms. The Morgan fingerprint density at radius 2 is 1.69 bits per heavy atom. The monoisotopic (exact) mass is 511 g/mol. The van der Waals surface area contributed by atoms with Crippen molar-refractivity contribution in [1.82, 2.24) is 5.06 Å². The fourth-order valence-electron chi connectivity index (χ4n) is 4.19. The van der Waals surface area contributed by atoms with E-state index in [9.17, 15) is 14.4 Å². The number of ketones is 1. The molecule has 1 aliphatic carbocycles. The summed E-state index contributed by atoms with van der Waals surface area (Å²) in [5.41, 5.74) is 2.20. The Morgan fingerprint density at radius 3 is 2.33 bits per heavy atom. The molecule has 0 aromatic heterocycles. The molecule has 1 atom stereocenters. The maximum absolute atomic E-state index is 13.2. The zero-order valence-electron chi connectivity index (χ0n) is 21.9. The van der Waals surface area contributed by atoms with Gasteiger partial charge in [0.1, 0.15) is 5.75 Å². The van der Waals surface area contributed by atoms with E-state index in [0.717, 1.165) is 23.1 Å². The number of nitrogens with zero attached hydrogens (tertiary/aromatic N) is 1. The molecule has 0 heterocycles. The summed E-state index contributed by atoms with van der Waals surface area (Å²) in [6.07, 6.45) is 2.34. The van der Waals surface area contributed by atoms with E-state index in [1.165, 1.54) is 5.06 Å². The number of amides is 1. The van der Waals surface area contributed by atoms with Crippen molar-refractivity contribution < 1.29 is 24.0 Å². The summed E-state index contributed by atoms with van der Waals surface area (Å²) >= 11 is 4.36. The lowest BCUT2D eigenvalue weighted by molar-refractivity contribution is -0.227. The van der Waals surface area contributed by atoms with E-state index < -0.39 is 10.3 Å². The first kappa shape index (κ1) is 27.9. The molecule has 2 aromatic rings. The van der Waals surface area contributed by atoms with Crippen LogP contribution in [0.2, 0.25) is 0 Å². The van der Waals surface area contributed by atoms with Crippen LogP contribution in [0.4, 0.5) is 0 Å². The van der Waals surface area contributed by atoms with Crippen molar-refractivity contribution in [3.05, 3.63) is 65.2 Å². The number of rotatable bonds is 9. The molecule has 0 radical (unpaired) electrons. The van der Waals surface area contributed by atoms with Gasteiger partial charge in [0, 0.05) is 22.6 Å². The molecular weight excluding hydrogens is 474 g/mol. The fourth-order valence-corrected chi connectivity index (χ4v) is 4.32. The maximum Gasteiger partial charge on any atom is 0.312 e. The van der Waals surface area contributed by atoms with Gasteiger partial charge in [-0.1, -0.05) is 50.2 Å². The van der Waals surface area contributed by atoms with E-state index in [-0.39, 0.29) is 36.4 Å². The Kier molecular flexibility index (Phi) is 9.01. The summed E-state index contributed by atoms with van der Waals surface area (Å²) in [4.78, 5) is 44.2. The van der Waals surface area contributed by atoms with Crippen LogP contribution in [-0.4, -0.2) is 39.6 Å². The highest BCUT2D eigenvalue weighted by Gasteiger charge is 2.31. The molecule has 0 bridgehead atoms. The van der Waals surface area contributed by atoms with E-state index in [4.69, 9.17) is 9.57 Å². The third kappa shape index (κ3) is 8.49. The Labute approximate surface area is 219 Å². The van der Waals surface area contributed by atoms with Crippen molar-refractivity contribution >= 4 is 30.3 Å². The van der Waals surface area contributed by atoms with Crippen LogP contribution < -0.4 is 4.74 Å². The molecule has 3 rings (SSSR count). The number of benzene rings is 2. The second-order valence-electron chi connectivity index (χ2n) is 11.0. The molecule has 194 valence electrons. The molecule has 36 heavy (non-hydrogen) atoms. The van der Waals surface area contributed by atoms with Crippen LogP contribution in [0.3, 0.4) is 0 Å². The van der Waals surface area contributed by atoms with Crippen LogP contribution in [0.25, 0.3) is 0 Å². The highest BCUT2D eigenvalue weighted by atomic mass is 32.1. The van der Waals surface area contributed by atoms with Crippen molar-refractivity contribution in [3.8, 4) is 5.75 Å². The zero-order valence-corrected chi connectivity index (χ0v) is 22.8.